The Bertz CT molecular complexity index is 278. The quantitative estimate of drug-likeness (QED) is 0.601. The number of para-hydroxylation sites is 1. The number of nitrogen functional groups attached to an aromatic ring is 1. The number of nitrogens with two attached hydrogens (primary N) is 1. The van der Waals surface area contributed by atoms with Crippen LogP contribution in [0.2, 0.25) is 0 Å². The molecular formula is C11H17NOS. The summed E-state index contributed by atoms with van der Waals surface area (Å²) in [5.74, 6) is 0. The van der Waals surface area contributed by atoms with Gasteiger partial charge >= 0.3 is 0 Å². The lowest BCUT2D eigenvalue weighted by Gasteiger charge is -2.11. The Labute approximate surface area is 89.8 Å². The average Bonchev–Trinajstić information content (AvgIpc) is 2.18. The summed E-state index contributed by atoms with van der Waals surface area (Å²) in [7, 11) is 1.73. The van der Waals surface area contributed by atoms with Crippen LogP contribution in [0.1, 0.15) is 13.3 Å². The number of thioether (sulfide) groups is 1. The van der Waals surface area contributed by atoms with Crippen molar-refractivity contribution in [2.24, 2.45) is 0 Å². The molecule has 0 aliphatic rings. The van der Waals surface area contributed by atoms with Gasteiger partial charge in [0, 0.05) is 29.5 Å². The van der Waals surface area contributed by atoms with Crippen LogP contribution in [0.25, 0.3) is 0 Å². The first-order chi connectivity index (χ1) is 6.74. The van der Waals surface area contributed by atoms with Crippen LogP contribution in [0.3, 0.4) is 0 Å². The highest BCUT2D eigenvalue weighted by Gasteiger charge is 2.05. The number of hydrogen-bond donors (Lipinski definition) is 1. The van der Waals surface area contributed by atoms with Crippen LogP contribution in [-0.4, -0.2) is 19.0 Å². The van der Waals surface area contributed by atoms with Gasteiger partial charge in [0.05, 0.1) is 0 Å². The largest absolute Gasteiger partial charge is 0.398 e. The second-order valence-electron chi connectivity index (χ2n) is 3.25. The number of benzene rings is 1. The van der Waals surface area contributed by atoms with Crippen LogP contribution in [0.4, 0.5) is 5.69 Å². The first kappa shape index (κ1) is 11.4. The molecule has 0 aliphatic heterocycles. The Kier molecular flexibility index (Phi) is 4.84. The van der Waals surface area contributed by atoms with Gasteiger partial charge < -0.3 is 10.5 Å². The SMILES string of the molecule is COCCC(C)Sc1ccccc1N. The molecule has 1 unspecified atom stereocenters. The van der Waals surface area contributed by atoms with Gasteiger partial charge in [-0.3, -0.25) is 0 Å². The van der Waals surface area contributed by atoms with E-state index in [1.165, 1.54) is 0 Å². The maximum Gasteiger partial charge on any atom is 0.0472 e. The number of methoxy groups -OCH3 is 1. The maximum absolute atomic E-state index is 5.85. The summed E-state index contributed by atoms with van der Waals surface area (Å²) in [4.78, 5) is 1.16. The smallest absolute Gasteiger partial charge is 0.0472 e. The van der Waals surface area contributed by atoms with E-state index in [-0.39, 0.29) is 0 Å². The van der Waals surface area contributed by atoms with Gasteiger partial charge in [-0.1, -0.05) is 19.1 Å². The number of ether oxygens (including phenoxy) is 1. The van der Waals surface area contributed by atoms with Crippen molar-refractivity contribution >= 4 is 17.4 Å². The molecule has 0 bridgehead atoms. The minimum absolute atomic E-state index is 0.541. The summed E-state index contributed by atoms with van der Waals surface area (Å²) in [6, 6.07) is 7.97. The average molecular weight is 211 g/mol. The summed E-state index contributed by atoms with van der Waals surface area (Å²) >= 11 is 1.81. The predicted molar refractivity (Wildman–Crippen MR) is 62.7 cm³/mol. The molecule has 1 aromatic carbocycles. The second-order valence-corrected chi connectivity index (χ2v) is 4.73. The lowest BCUT2D eigenvalue weighted by molar-refractivity contribution is 0.195. The highest BCUT2D eigenvalue weighted by molar-refractivity contribution is 8.00. The van der Waals surface area contributed by atoms with E-state index in [2.05, 4.69) is 13.0 Å². The van der Waals surface area contributed by atoms with Crippen molar-refractivity contribution in [2.45, 2.75) is 23.5 Å². The van der Waals surface area contributed by atoms with Gasteiger partial charge in [0.25, 0.3) is 0 Å². The third kappa shape index (κ3) is 3.60. The molecule has 1 atom stereocenters. The normalized spacial score (nSPS) is 12.7. The minimum atomic E-state index is 0.541. The molecule has 0 radical (unpaired) electrons. The molecule has 0 saturated carbocycles. The third-order valence-corrected chi connectivity index (χ3v) is 3.24. The zero-order valence-electron chi connectivity index (χ0n) is 8.69. The van der Waals surface area contributed by atoms with Crippen molar-refractivity contribution in [1.82, 2.24) is 0 Å². The molecule has 1 aromatic rings. The molecule has 14 heavy (non-hydrogen) atoms. The van der Waals surface area contributed by atoms with Crippen LogP contribution in [-0.2, 0) is 4.74 Å². The van der Waals surface area contributed by atoms with Crippen LogP contribution >= 0.6 is 11.8 Å². The van der Waals surface area contributed by atoms with E-state index in [9.17, 15) is 0 Å². The van der Waals surface area contributed by atoms with Gasteiger partial charge in [-0.05, 0) is 18.6 Å². The molecule has 0 saturated heterocycles. The molecular weight excluding hydrogens is 194 g/mol. The summed E-state index contributed by atoms with van der Waals surface area (Å²) in [5, 5.41) is 0.541. The second kappa shape index (κ2) is 5.94. The van der Waals surface area contributed by atoms with Crippen LogP contribution in [0.15, 0.2) is 29.2 Å². The molecule has 1 rings (SSSR count). The Balaban J connectivity index is 2.47. The lowest BCUT2D eigenvalue weighted by Crippen LogP contribution is -2.02. The maximum atomic E-state index is 5.85. The Morgan fingerprint density at radius 2 is 2.14 bits per heavy atom. The monoisotopic (exact) mass is 211 g/mol. The van der Waals surface area contributed by atoms with Gasteiger partial charge in [0.1, 0.15) is 0 Å². The summed E-state index contributed by atoms with van der Waals surface area (Å²) in [6.45, 7) is 3.00. The van der Waals surface area contributed by atoms with E-state index in [4.69, 9.17) is 10.5 Å². The summed E-state index contributed by atoms with van der Waals surface area (Å²) in [6.07, 6.45) is 1.05. The van der Waals surface area contributed by atoms with Crippen LogP contribution in [0, 0.1) is 0 Å². The first-order valence-electron chi connectivity index (χ1n) is 4.74. The fourth-order valence-electron chi connectivity index (χ4n) is 1.15. The molecule has 3 heteroatoms. The summed E-state index contributed by atoms with van der Waals surface area (Å²) in [5.41, 5.74) is 6.71. The van der Waals surface area contributed by atoms with Gasteiger partial charge in [0.2, 0.25) is 0 Å². The molecule has 78 valence electrons. The molecule has 0 amide bonds. The van der Waals surface area contributed by atoms with E-state index in [1.807, 2.05) is 18.2 Å². The van der Waals surface area contributed by atoms with Crippen molar-refractivity contribution in [3.63, 3.8) is 0 Å². The van der Waals surface area contributed by atoms with Gasteiger partial charge in [-0.25, -0.2) is 0 Å². The molecule has 0 spiro atoms. The molecule has 0 aliphatic carbocycles. The van der Waals surface area contributed by atoms with E-state index in [0.29, 0.717) is 5.25 Å². The van der Waals surface area contributed by atoms with Crippen LogP contribution in [0.5, 0.6) is 0 Å². The zero-order chi connectivity index (χ0) is 10.4. The Hall–Kier alpha value is -0.670. The fourth-order valence-corrected chi connectivity index (χ4v) is 2.16. The first-order valence-corrected chi connectivity index (χ1v) is 5.62. The van der Waals surface area contributed by atoms with Crippen molar-refractivity contribution in [3.8, 4) is 0 Å². The standard InChI is InChI=1S/C11H17NOS/c1-9(7-8-13-2)14-11-6-4-3-5-10(11)12/h3-6,9H,7-8,12H2,1-2H3. The van der Waals surface area contributed by atoms with Crippen molar-refractivity contribution < 1.29 is 4.74 Å². The minimum Gasteiger partial charge on any atom is -0.398 e. The lowest BCUT2D eigenvalue weighted by atomic mass is 10.3. The van der Waals surface area contributed by atoms with E-state index >= 15 is 0 Å². The van der Waals surface area contributed by atoms with Crippen molar-refractivity contribution in [3.05, 3.63) is 24.3 Å². The van der Waals surface area contributed by atoms with Crippen molar-refractivity contribution in [1.29, 1.82) is 0 Å². The number of hydrogen-bond acceptors (Lipinski definition) is 3. The molecule has 2 N–H and O–H groups in total. The molecule has 0 aromatic heterocycles. The Morgan fingerprint density at radius 3 is 2.79 bits per heavy atom. The van der Waals surface area contributed by atoms with Crippen molar-refractivity contribution in [2.75, 3.05) is 19.5 Å². The Morgan fingerprint density at radius 1 is 1.43 bits per heavy atom. The summed E-state index contributed by atoms with van der Waals surface area (Å²) < 4.78 is 5.04. The van der Waals surface area contributed by atoms with E-state index in [1.54, 1.807) is 18.9 Å². The van der Waals surface area contributed by atoms with E-state index < -0.39 is 0 Å². The highest BCUT2D eigenvalue weighted by atomic mass is 32.2. The topological polar surface area (TPSA) is 35.2 Å². The number of rotatable bonds is 5. The molecule has 2 nitrogen and oxygen atoms in total. The van der Waals surface area contributed by atoms with E-state index in [0.717, 1.165) is 23.6 Å². The fraction of sp³-hybridized carbons (Fsp3) is 0.455. The van der Waals surface area contributed by atoms with Gasteiger partial charge in [0.15, 0.2) is 0 Å². The van der Waals surface area contributed by atoms with Gasteiger partial charge in [-0.2, -0.15) is 0 Å². The van der Waals surface area contributed by atoms with Crippen LogP contribution < -0.4 is 5.73 Å². The highest BCUT2D eigenvalue weighted by Crippen LogP contribution is 2.29. The zero-order valence-corrected chi connectivity index (χ0v) is 9.51. The molecule has 0 fully saturated rings. The van der Waals surface area contributed by atoms with Gasteiger partial charge in [-0.15, -0.1) is 11.8 Å². The third-order valence-electron chi connectivity index (χ3n) is 1.98. The number of anilines is 1. The predicted octanol–water partition coefficient (Wildman–Crippen LogP) is 2.79. The molecule has 0 heterocycles.